The summed E-state index contributed by atoms with van der Waals surface area (Å²) in [6.45, 7) is 3.54. The van der Waals surface area contributed by atoms with Crippen molar-refractivity contribution < 1.29 is 4.79 Å². The molecule has 1 aliphatic rings. The van der Waals surface area contributed by atoms with Crippen molar-refractivity contribution in [2.24, 2.45) is 11.7 Å². The Hall–Kier alpha value is -1.06. The zero-order valence-corrected chi connectivity index (χ0v) is 13.5. The maximum Gasteiger partial charge on any atom is 0.226 e. The van der Waals surface area contributed by atoms with Crippen molar-refractivity contribution >= 4 is 17.5 Å². The Kier molecular flexibility index (Phi) is 6.07. The number of nitrogens with two attached hydrogens (primary N) is 1. The third-order valence-electron chi connectivity index (χ3n) is 4.23. The molecule has 1 saturated carbocycles. The van der Waals surface area contributed by atoms with E-state index in [0.29, 0.717) is 6.54 Å². The fourth-order valence-corrected chi connectivity index (χ4v) is 3.14. The van der Waals surface area contributed by atoms with Gasteiger partial charge in [0.2, 0.25) is 5.91 Å². The molecule has 2 atom stereocenters. The Morgan fingerprint density at radius 1 is 1.38 bits per heavy atom. The first-order valence-electron chi connectivity index (χ1n) is 7.89. The van der Waals surface area contributed by atoms with Crippen LogP contribution in [0.2, 0.25) is 5.02 Å². The molecular weight excluding hydrogens is 284 g/mol. The van der Waals surface area contributed by atoms with Gasteiger partial charge in [-0.15, -0.1) is 0 Å². The van der Waals surface area contributed by atoms with E-state index in [4.69, 9.17) is 17.3 Å². The molecule has 4 heteroatoms. The molecular formula is C17H25ClN2O. The van der Waals surface area contributed by atoms with E-state index in [9.17, 15) is 4.79 Å². The number of nitrogens with zero attached hydrogens (tertiary/aromatic N) is 1. The van der Waals surface area contributed by atoms with Crippen LogP contribution >= 0.6 is 11.6 Å². The highest BCUT2D eigenvalue weighted by Crippen LogP contribution is 2.27. The average Bonchev–Trinajstić information content (AvgIpc) is 2.91. The summed E-state index contributed by atoms with van der Waals surface area (Å²) < 4.78 is 0. The number of halogens is 1. The average molecular weight is 309 g/mol. The summed E-state index contributed by atoms with van der Waals surface area (Å²) in [6, 6.07) is 7.95. The van der Waals surface area contributed by atoms with Crippen LogP contribution in [-0.2, 0) is 11.3 Å². The van der Waals surface area contributed by atoms with Gasteiger partial charge in [-0.25, -0.2) is 0 Å². The minimum Gasteiger partial charge on any atom is -0.338 e. The number of benzene rings is 1. The topological polar surface area (TPSA) is 46.3 Å². The van der Waals surface area contributed by atoms with Crippen LogP contribution in [0, 0.1) is 5.92 Å². The van der Waals surface area contributed by atoms with Crippen molar-refractivity contribution in [3.05, 3.63) is 34.9 Å². The lowest BCUT2D eigenvalue weighted by atomic mass is 10.1. The molecule has 3 nitrogen and oxygen atoms in total. The molecule has 2 N–H and O–H groups in total. The van der Waals surface area contributed by atoms with Crippen LogP contribution in [-0.4, -0.2) is 23.4 Å². The van der Waals surface area contributed by atoms with Crippen LogP contribution in [0.25, 0.3) is 0 Å². The molecule has 0 saturated heterocycles. The van der Waals surface area contributed by atoms with E-state index in [-0.39, 0.29) is 17.9 Å². The number of amides is 1. The lowest BCUT2D eigenvalue weighted by Gasteiger charge is -2.26. The molecule has 1 amide bonds. The van der Waals surface area contributed by atoms with Crippen LogP contribution in [0.4, 0.5) is 0 Å². The summed E-state index contributed by atoms with van der Waals surface area (Å²) in [5.41, 5.74) is 6.97. The molecule has 1 aromatic carbocycles. The standard InChI is InChI=1S/C17H25ClN2O/c1-2-3-10-20(12-14-6-4-5-7-16(14)18)17(21)13-8-9-15(19)11-13/h4-7,13,15H,2-3,8-12,19H2,1H3. The van der Waals surface area contributed by atoms with Gasteiger partial charge in [0, 0.05) is 30.1 Å². The monoisotopic (exact) mass is 308 g/mol. The van der Waals surface area contributed by atoms with Gasteiger partial charge in [-0.1, -0.05) is 43.1 Å². The van der Waals surface area contributed by atoms with Gasteiger partial charge in [-0.05, 0) is 37.3 Å². The minimum absolute atomic E-state index is 0.0966. The molecule has 0 heterocycles. The normalized spacial score (nSPS) is 21.5. The number of carbonyl (C=O) groups excluding carboxylic acids is 1. The second-order valence-electron chi connectivity index (χ2n) is 5.97. The van der Waals surface area contributed by atoms with E-state index in [1.54, 1.807) is 0 Å². The Bertz CT molecular complexity index is 478. The highest BCUT2D eigenvalue weighted by atomic mass is 35.5. The van der Waals surface area contributed by atoms with Gasteiger partial charge < -0.3 is 10.6 Å². The summed E-state index contributed by atoms with van der Waals surface area (Å²) in [4.78, 5) is 14.7. The molecule has 2 unspecified atom stereocenters. The van der Waals surface area contributed by atoms with E-state index < -0.39 is 0 Å². The lowest BCUT2D eigenvalue weighted by molar-refractivity contribution is -0.136. The maximum atomic E-state index is 12.7. The fourth-order valence-electron chi connectivity index (χ4n) is 2.95. The van der Waals surface area contributed by atoms with Crippen molar-refractivity contribution in [3.8, 4) is 0 Å². The zero-order chi connectivity index (χ0) is 15.2. The molecule has 0 radical (unpaired) electrons. The highest BCUT2D eigenvalue weighted by Gasteiger charge is 2.31. The predicted octanol–water partition coefficient (Wildman–Crippen LogP) is 3.60. The molecule has 0 aliphatic heterocycles. The number of rotatable bonds is 6. The summed E-state index contributed by atoms with van der Waals surface area (Å²) in [6.07, 6.45) is 4.81. The van der Waals surface area contributed by atoms with Crippen molar-refractivity contribution in [1.29, 1.82) is 0 Å². The molecule has 116 valence electrons. The van der Waals surface area contributed by atoms with E-state index >= 15 is 0 Å². The molecule has 1 fully saturated rings. The van der Waals surface area contributed by atoms with Gasteiger partial charge in [0.25, 0.3) is 0 Å². The van der Waals surface area contributed by atoms with E-state index in [2.05, 4.69) is 6.92 Å². The molecule has 0 aromatic heterocycles. The lowest BCUT2D eigenvalue weighted by Crippen LogP contribution is -2.36. The van der Waals surface area contributed by atoms with Crippen LogP contribution in [0.5, 0.6) is 0 Å². The Morgan fingerprint density at radius 3 is 2.76 bits per heavy atom. The predicted molar refractivity (Wildman–Crippen MR) is 87.1 cm³/mol. The molecule has 0 spiro atoms. The number of hydrogen-bond acceptors (Lipinski definition) is 2. The van der Waals surface area contributed by atoms with Gasteiger partial charge in [-0.3, -0.25) is 4.79 Å². The van der Waals surface area contributed by atoms with Gasteiger partial charge in [-0.2, -0.15) is 0 Å². The summed E-state index contributed by atoms with van der Waals surface area (Å²) in [5.74, 6) is 0.343. The fraction of sp³-hybridized carbons (Fsp3) is 0.588. The van der Waals surface area contributed by atoms with Gasteiger partial charge >= 0.3 is 0 Å². The van der Waals surface area contributed by atoms with Crippen molar-refractivity contribution in [3.63, 3.8) is 0 Å². The van der Waals surface area contributed by atoms with Crippen molar-refractivity contribution in [2.75, 3.05) is 6.54 Å². The second kappa shape index (κ2) is 7.81. The first kappa shape index (κ1) is 16.3. The van der Waals surface area contributed by atoms with Gasteiger partial charge in [0.15, 0.2) is 0 Å². The van der Waals surface area contributed by atoms with E-state index in [1.165, 1.54) is 0 Å². The Balaban J connectivity index is 2.07. The number of carbonyl (C=O) groups is 1. The number of hydrogen-bond donors (Lipinski definition) is 1. The molecule has 21 heavy (non-hydrogen) atoms. The Morgan fingerprint density at radius 2 is 2.14 bits per heavy atom. The third kappa shape index (κ3) is 4.45. The number of unbranched alkanes of at least 4 members (excludes halogenated alkanes) is 1. The maximum absolute atomic E-state index is 12.7. The molecule has 1 aromatic rings. The molecule has 1 aliphatic carbocycles. The van der Waals surface area contributed by atoms with Gasteiger partial charge in [0.05, 0.1) is 0 Å². The van der Waals surface area contributed by atoms with Crippen LogP contribution in [0.15, 0.2) is 24.3 Å². The first-order valence-corrected chi connectivity index (χ1v) is 8.27. The van der Waals surface area contributed by atoms with Crippen LogP contribution in [0.3, 0.4) is 0 Å². The first-order chi connectivity index (χ1) is 10.1. The summed E-state index contributed by atoms with van der Waals surface area (Å²) >= 11 is 6.23. The molecule has 2 rings (SSSR count). The second-order valence-corrected chi connectivity index (χ2v) is 6.38. The molecule has 0 bridgehead atoms. The van der Waals surface area contributed by atoms with Gasteiger partial charge in [0.1, 0.15) is 0 Å². The van der Waals surface area contributed by atoms with Crippen molar-refractivity contribution in [2.45, 2.75) is 51.6 Å². The third-order valence-corrected chi connectivity index (χ3v) is 4.60. The minimum atomic E-state index is 0.0966. The SMILES string of the molecule is CCCCN(Cc1ccccc1Cl)C(=O)C1CCC(N)C1. The smallest absolute Gasteiger partial charge is 0.226 e. The summed E-state index contributed by atoms with van der Waals surface area (Å²) in [5, 5.41) is 0.731. The van der Waals surface area contributed by atoms with E-state index in [0.717, 1.165) is 49.2 Å². The van der Waals surface area contributed by atoms with Crippen LogP contribution in [0.1, 0.15) is 44.6 Å². The van der Waals surface area contributed by atoms with Crippen molar-refractivity contribution in [1.82, 2.24) is 4.90 Å². The highest BCUT2D eigenvalue weighted by molar-refractivity contribution is 6.31. The zero-order valence-electron chi connectivity index (χ0n) is 12.7. The van der Waals surface area contributed by atoms with E-state index in [1.807, 2.05) is 29.2 Å². The quantitative estimate of drug-likeness (QED) is 0.873. The van der Waals surface area contributed by atoms with Crippen LogP contribution < -0.4 is 5.73 Å². The summed E-state index contributed by atoms with van der Waals surface area (Å²) in [7, 11) is 0. The largest absolute Gasteiger partial charge is 0.338 e. The Labute approximate surface area is 132 Å².